The van der Waals surface area contributed by atoms with E-state index in [1.807, 2.05) is 18.2 Å². The Hall–Kier alpha value is -2.41. The Morgan fingerprint density at radius 3 is 3.13 bits per heavy atom. The number of ether oxygens (including phenoxy) is 3. The van der Waals surface area contributed by atoms with Crippen LogP contribution in [0.1, 0.15) is 6.42 Å². The number of fused-ring (bicyclic) bond motifs is 1. The number of benzene rings is 1. The van der Waals surface area contributed by atoms with E-state index >= 15 is 0 Å². The van der Waals surface area contributed by atoms with Crippen LogP contribution in [0.4, 0.5) is 5.95 Å². The fourth-order valence-corrected chi connectivity index (χ4v) is 3.01. The third kappa shape index (κ3) is 2.79. The van der Waals surface area contributed by atoms with Crippen molar-refractivity contribution < 1.29 is 14.2 Å². The van der Waals surface area contributed by atoms with E-state index in [4.69, 9.17) is 14.2 Å². The second kappa shape index (κ2) is 6.00. The fraction of sp³-hybridized carbons (Fsp3) is 0.438. The lowest BCUT2D eigenvalue weighted by Crippen LogP contribution is -2.23. The minimum atomic E-state index is 0.265. The van der Waals surface area contributed by atoms with Gasteiger partial charge in [0.1, 0.15) is 0 Å². The van der Waals surface area contributed by atoms with Crippen LogP contribution in [0.15, 0.2) is 24.4 Å². The Morgan fingerprint density at radius 2 is 2.22 bits per heavy atom. The SMILES string of the molecule is COCC1CCN(c2nncc(-c3ccc4c(c3)OCO4)n2)C1. The van der Waals surface area contributed by atoms with Crippen molar-refractivity contribution in [3.8, 4) is 22.8 Å². The Kier molecular flexibility index (Phi) is 3.70. The first-order valence-electron chi connectivity index (χ1n) is 7.67. The average Bonchev–Trinajstić information content (AvgIpc) is 3.23. The molecule has 0 saturated carbocycles. The molecular weight excluding hydrogens is 296 g/mol. The zero-order chi connectivity index (χ0) is 15.6. The molecule has 0 amide bonds. The molecule has 0 radical (unpaired) electrons. The summed E-state index contributed by atoms with van der Waals surface area (Å²) in [6.45, 7) is 2.87. The molecule has 4 rings (SSSR count). The summed E-state index contributed by atoms with van der Waals surface area (Å²) in [4.78, 5) is 6.82. The van der Waals surface area contributed by atoms with E-state index in [9.17, 15) is 0 Å². The zero-order valence-electron chi connectivity index (χ0n) is 12.9. The number of rotatable bonds is 4. The van der Waals surface area contributed by atoms with Crippen LogP contribution >= 0.6 is 0 Å². The Labute approximate surface area is 134 Å². The standard InChI is InChI=1S/C16H18N4O3/c1-21-9-11-4-5-20(8-11)16-18-13(7-17-19-16)12-2-3-14-15(6-12)23-10-22-14/h2-3,6-7,11H,4-5,8-10H2,1H3. The molecule has 1 saturated heterocycles. The summed E-state index contributed by atoms with van der Waals surface area (Å²) in [6.07, 6.45) is 2.76. The maximum atomic E-state index is 5.42. The van der Waals surface area contributed by atoms with E-state index in [-0.39, 0.29) is 6.79 Å². The third-order valence-corrected chi connectivity index (χ3v) is 4.19. The quantitative estimate of drug-likeness (QED) is 0.851. The van der Waals surface area contributed by atoms with Crippen molar-refractivity contribution in [3.63, 3.8) is 0 Å². The molecule has 2 aliphatic rings. The van der Waals surface area contributed by atoms with E-state index in [2.05, 4.69) is 20.1 Å². The highest BCUT2D eigenvalue weighted by Gasteiger charge is 2.25. The summed E-state index contributed by atoms with van der Waals surface area (Å²) in [6, 6.07) is 5.77. The highest BCUT2D eigenvalue weighted by Crippen LogP contribution is 2.35. The topological polar surface area (TPSA) is 69.6 Å². The Morgan fingerprint density at radius 1 is 1.30 bits per heavy atom. The van der Waals surface area contributed by atoms with Crippen LogP contribution < -0.4 is 14.4 Å². The second-order valence-corrected chi connectivity index (χ2v) is 5.77. The van der Waals surface area contributed by atoms with Gasteiger partial charge in [0.25, 0.3) is 0 Å². The fourth-order valence-electron chi connectivity index (χ4n) is 3.01. The number of hydrogen-bond donors (Lipinski definition) is 0. The third-order valence-electron chi connectivity index (χ3n) is 4.19. The summed E-state index contributed by atoms with van der Waals surface area (Å²) < 4.78 is 16.0. The normalized spacial score (nSPS) is 19.3. The van der Waals surface area contributed by atoms with Crippen LogP contribution in [-0.4, -0.2) is 48.8 Å². The van der Waals surface area contributed by atoms with E-state index in [1.54, 1.807) is 13.3 Å². The number of aromatic nitrogens is 3. The molecule has 1 aromatic heterocycles. The molecular formula is C16H18N4O3. The first-order valence-corrected chi connectivity index (χ1v) is 7.67. The van der Waals surface area contributed by atoms with Crippen molar-refractivity contribution in [1.82, 2.24) is 15.2 Å². The van der Waals surface area contributed by atoms with Crippen LogP contribution in [0.5, 0.6) is 11.5 Å². The highest BCUT2D eigenvalue weighted by molar-refractivity contribution is 5.64. The molecule has 7 heteroatoms. The zero-order valence-corrected chi connectivity index (χ0v) is 12.9. The van der Waals surface area contributed by atoms with Crippen LogP contribution in [0, 0.1) is 5.92 Å². The summed E-state index contributed by atoms with van der Waals surface area (Å²) in [5, 5.41) is 8.29. The van der Waals surface area contributed by atoms with Gasteiger partial charge in [-0.25, -0.2) is 4.98 Å². The maximum absolute atomic E-state index is 5.42. The smallest absolute Gasteiger partial charge is 0.245 e. The Balaban J connectivity index is 1.57. The van der Waals surface area contributed by atoms with Crippen molar-refractivity contribution in [2.45, 2.75) is 6.42 Å². The first kappa shape index (κ1) is 14.2. The van der Waals surface area contributed by atoms with Crippen molar-refractivity contribution in [1.29, 1.82) is 0 Å². The van der Waals surface area contributed by atoms with E-state index < -0.39 is 0 Å². The van der Waals surface area contributed by atoms with Crippen LogP contribution in [0.3, 0.4) is 0 Å². The lowest BCUT2D eigenvalue weighted by Gasteiger charge is -2.16. The van der Waals surface area contributed by atoms with Crippen molar-refractivity contribution in [3.05, 3.63) is 24.4 Å². The molecule has 1 atom stereocenters. The van der Waals surface area contributed by atoms with E-state index in [0.29, 0.717) is 11.9 Å². The molecule has 23 heavy (non-hydrogen) atoms. The van der Waals surface area contributed by atoms with Gasteiger partial charge < -0.3 is 19.1 Å². The molecule has 2 aromatic rings. The monoisotopic (exact) mass is 314 g/mol. The molecule has 2 aliphatic heterocycles. The molecule has 0 bridgehead atoms. The van der Waals surface area contributed by atoms with Crippen LogP contribution in [0.2, 0.25) is 0 Å². The van der Waals surface area contributed by atoms with Gasteiger partial charge in [0, 0.05) is 31.7 Å². The highest BCUT2D eigenvalue weighted by atomic mass is 16.7. The van der Waals surface area contributed by atoms with Gasteiger partial charge in [0.15, 0.2) is 11.5 Å². The van der Waals surface area contributed by atoms with Crippen LogP contribution in [0.25, 0.3) is 11.3 Å². The number of nitrogens with zero attached hydrogens (tertiary/aromatic N) is 4. The van der Waals surface area contributed by atoms with Gasteiger partial charge in [-0.2, -0.15) is 5.10 Å². The van der Waals surface area contributed by atoms with Crippen molar-refractivity contribution in [2.24, 2.45) is 5.92 Å². The average molecular weight is 314 g/mol. The van der Waals surface area contributed by atoms with Gasteiger partial charge in [0.2, 0.25) is 12.7 Å². The lowest BCUT2D eigenvalue weighted by molar-refractivity contribution is 0.161. The number of methoxy groups -OCH3 is 1. The lowest BCUT2D eigenvalue weighted by atomic mass is 10.1. The summed E-state index contributed by atoms with van der Waals surface area (Å²) in [7, 11) is 1.74. The molecule has 1 fully saturated rings. The van der Waals surface area contributed by atoms with Gasteiger partial charge in [-0.15, -0.1) is 5.10 Å². The summed E-state index contributed by atoms with van der Waals surface area (Å²) >= 11 is 0. The molecule has 1 aromatic carbocycles. The van der Waals surface area contributed by atoms with Crippen LogP contribution in [-0.2, 0) is 4.74 Å². The molecule has 3 heterocycles. The second-order valence-electron chi connectivity index (χ2n) is 5.77. The van der Waals surface area contributed by atoms with Gasteiger partial charge in [-0.1, -0.05) is 0 Å². The molecule has 7 nitrogen and oxygen atoms in total. The largest absolute Gasteiger partial charge is 0.454 e. The predicted molar refractivity (Wildman–Crippen MR) is 83.6 cm³/mol. The van der Waals surface area contributed by atoms with Gasteiger partial charge >= 0.3 is 0 Å². The minimum Gasteiger partial charge on any atom is -0.454 e. The molecule has 0 spiro atoms. The van der Waals surface area contributed by atoms with Gasteiger partial charge in [-0.3, -0.25) is 0 Å². The van der Waals surface area contributed by atoms with Crippen molar-refractivity contribution in [2.75, 3.05) is 38.5 Å². The first-order chi connectivity index (χ1) is 11.3. The molecule has 120 valence electrons. The molecule has 0 aliphatic carbocycles. The van der Waals surface area contributed by atoms with E-state index in [1.165, 1.54) is 0 Å². The summed E-state index contributed by atoms with van der Waals surface area (Å²) in [5.74, 6) is 2.69. The predicted octanol–water partition coefficient (Wildman–Crippen LogP) is 1.74. The minimum absolute atomic E-state index is 0.265. The molecule has 0 N–H and O–H groups in total. The van der Waals surface area contributed by atoms with Gasteiger partial charge in [-0.05, 0) is 24.6 Å². The molecule has 1 unspecified atom stereocenters. The summed E-state index contributed by atoms with van der Waals surface area (Å²) in [5.41, 5.74) is 1.72. The van der Waals surface area contributed by atoms with E-state index in [0.717, 1.165) is 48.9 Å². The maximum Gasteiger partial charge on any atom is 0.245 e. The number of anilines is 1. The van der Waals surface area contributed by atoms with Gasteiger partial charge in [0.05, 0.1) is 18.5 Å². The Bertz CT molecular complexity index is 709. The van der Waals surface area contributed by atoms with Crippen molar-refractivity contribution >= 4 is 5.95 Å². The number of hydrogen-bond acceptors (Lipinski definition) is 7.